The molecule has 2 aromatic heterocycles. The lowest BCUT2D eigenvalue weighted by atomic mass is 9.98. The second kappa shape index (κ2) is 6.78. The van der Waals surface area contributed by atoms with E-state index in [-0.39, 0.29) is 30.2 Å². The van der Waals surface area contributed by atoms with E-state index in [4.69, 9.17) is 4.74 Å². The van der Waals surface area contributed by atoms with Crippen molar-refractivity contribution in [3.8, 4) is 0 Å². The standard InChI is InChI=1S/C16H20N4O3/c1-19-10-12(9-17-19)16-13(5-4-8-23-16)18-14(21)11-20-7-3-2-6-15(20)22/h2-3,6-7,9-10,13,16H,4-5,8,11H2,1H3,(H,18,21)/t13-,16+/m0/s1. The Kier molecular flexibility index (Phi) is 4.57. The molecule has 0 aliphatic carbocycles. The van der Waals surface area contributed by atoms with Gasteiger partial charge in [0.25, 0.3) is 5.56 Å². The van der Waals surface area contributed by atoms with Crippen LogP contribution in [0, 0.1) is 0 Å². The fraction of sp³-hybridized carbons (Fsp3) is 0.438. The Morgan fingerprint density at radius 3 is 3.09 bits per heavy atom. The van der Waals surface area contributed by atoms with Gasteiger partial charge in [0.2, 0.25) is 5.91 Å². The molecule has 1 N–H and O–H groups in total. The fourth-order valence-electron chi connectivity index (χ4n) is 2.84. The molecule has 0 saturated carbocycles. The smallest absolute Gasteiger partial charge is 0.250 e. The summed E-state index contributed by atoms with van der Waals surface area (Å²) < 4.78 is 8.93. The fourth-order valence-corrected chi connectivity index (χ4v) is 2.84. The van der Waals surface area contributed by atoms with Crippen molar-refractivity contribution in [2.45, 2.75) is 31.5 Å². The first-order valence-electron chi connectivity index (χ1n) is 7.68. The van der Waals surface area contributed by atoms with Crippen LogP contribution in [0.4, 0.5) is 0 Å². The van der Waals surface area contributed by atoms with E-state index >= 15 is 0 Å². The third-order valence-electron chi connectivity index (χ3n) is 3.94. The van der Waals surface area contributed by atoms with E-state index in [0.717, 1.165) is 18.4 Å². The van der Waals surface area contributed by atoms with Gasteiger partial charge < -0.3 is 14.6 Å². The number of carbonyl (C=O) groups excluding carboxylic acids is 1. The normalized spacial score (nSPS) is 21.1. The van der Waals surface area contributed by atoms with Crippen LogP contribution < -0.4 is 10.9 Å². The molecule has 7 heteroatoms. The summed E-state index contributed by atoms with van der Waals surface area (Å²) in [4.78, 5) is 24.0. The van der Waals surface area contributed by atoms with Gasteiger partial charge >= 0.3 is 0 Å². The van der Waals surface area contributed by atoms with Crippen LogP contribution in [0.25, 0.3) is 0 Å². The van der Waals surface area contributed by atoms with Crippen molar-refractivity contribution < 1.29 is 9.53 Å². The molecular formula is C16H20N4O3. The number of rotatable bonds is 4. The molecule has 23 heavy (non-hydrogen) atoms. The molecule has 122 valence electrons. The van der Waals surface area contributed by atoms with Crippen LogP contribution >= 0.6 is 0 Å². The van der Waals surface area contributed by atoms with Gasteiger partial charge in [-0.2, -0.15) is 5.10 Å². The van der Waals surface area contributed by atoms with Crippen LogP contribution in [-0.2, 0) is 23.1 Å². The van der Waals surface area contributed by atoms with E-state index in [1.165, 1.54) is 10.6 Å². The number of aryl methyl sites for hydroxylation is 1. The maximum absolute atomic E-state index is 12.3. The number of ether oxygens (including phenoxy) is 1. The summed E-state index contributed by atoms with van der Waals surface area (Å²) in [5.74, 6) is -0.192. The molecule has 1 amide bonds. The van der Waals surface area contributed by atoms with E-state index in [2.05, 4.69) is 10.4 Å². The molecule has 1 fully saturated rings. The lowest BCUT2D eigenvalue weighted by molar-refractivity contribution is -0.124. The van der Waals surface area contributed by atoms with Crippen LogP contribution in [0.5, 0.6) is 0 Å². The molecule has 0 radical (unpaired) electrons. The van der Waals surface area contributed by atoms with E-state index in [1.807, 2.05) is 13.2 Å². The lowest BCUT2D eigenvalue weighted by Gasteiger charge is -2.31. The van der Waals surface area contributed by atoms with Crippen LogP contribution in [0.2, 0.25) is 0 Å². The number of pyridine rings is 1. The van der Waals surface area contributed by atoms with Crippen molar-refractivity contribution in [2.75, 3.05) is 6.61 Å². The Morgan fingerprint density at radius 1 is 1.48 bits per heavy atom. The Hall–Kier alpha value is -2.41. The molecule has 0 bridgehead atoms. The van der Waals surface area contributed by atoms with Crippen molar-refractivity contribution in [2.24, 2.45) is 7.05 Å². The number of carbonyl (C=O) groups is 1. The summed E-state index contributed by atoms with van der Waals surface area (Å²) in [5.41, 5.74) is 0.765. The van der Waals surface area contributed by atoms with Crippen LogP contribution in [0.1, 0.15) is 24.5 Å². The Labute approximate surface area is 133 Å². The average Bonchev–Trinajstić information content (AvgIpc) is 2.96. The van der Waals surface area contributed by atoms with Gasteiger partial charge in [0.15, 0.2) is 0 Å². The number of amides is 1. The maximum Gasteiger partial charge on any atom is 0.250 e. The highest BCUT2D eigenvalue weighted by Gasteiger charge is 2.29. The second-order valence-corrected chi connectivity index (χ2v) is 5.72. The quantitative estimate of drug-likeness (QED) is 0.897. The third kappa shape index (κ3) is 3.68. The molecule has 0 spiro atoms. The van der Waals surface area contributed by atoms with Gasteiger partial charge in [-0.25, -0.2) is 0 Å². The molecule has 2 aromatic rings. The highest BCUT2D eigenvalue weighted by Crippen LogP contribution is 2.28. The van der Waals surface area contributed by atoms with Crippen LogP contribution in [-0.4, -0.2) is 32.9 Å². The summed E-state index contributed by atoms with van der Waals surface area (Å²) in [5, 5.41) is 7.15. The maximum atomic E-state index is 12.3. The highest BCUT2D eigenvalue weighted by molar-refractivity contribution is 5.76. The summed E-state index contributed by atoms with van der Waals surface area (Å²) in [6.07, 6.45) is 6.81. The molecule has 1 aliphatic heterocycles. The molecule has 1 saturated heterocycles. The van der Waals surface area contributed by atoms with Crippen LogP contribution in [0.3, 0.4) is 0 Å². The molecule has 2 atom stereocenters. The molecule has 0 aromatic carbocycles. The van der Waals surface area contributed by atoms with E-state index in [1.54, 1.807) is 29.2 Å². The minimum absolute atomic E-state index is 0.00985. The third-order valence-corrected chi connectivity index (χ3v) is 3.94. The van der Waals surface area contributed by atoms with Crippen molar-refractivity contribution in [1.29, 1.82) is 0 Å². The topological polar surface area (TPSA) is 78.1 Å². The van der Waals surface area contributed by atoms with Gasteiger partial charge in [0.1, 0.15) is 12.6 Å². The van der Waals surface area contributed by atoms with Gasteiger partial charge in [-0.05, 0) is 18.9 Å². The Morgan fingerprint density at radius 2 is 2.35 bits per heavy atom. The lowest BCUT2D eigenvalue weighted by Crippen LogP contribution is -2.44. The van der Waals surface area contributed by atoms with Gasteiger partial charge in [-0.1, -0.05) is 6.07 Å². The molecule has 3 heterocycles. The predicted octanol–water partition coefficient (Wildman–Crippen LogP) is 0.618. The minimum Gasteiger partial charge on any atom is -0.371 e. The summed E-state index contributed by atoms with van der Waals surface area (Å²) >= 11 is 0. The Balaban J connectivity index is 1.68. The summed E-state index contributed by atoms with van der Waals surface area (Å²) in [6, 6.07) is 4.72. The van der Waals surface area contributed by atoms with Gasteiger partial charge in [0.05, 0.1) is 12.2 Å². The first-order valence-corrected chi connectivity index (χ1v) is 7.68. The van der Waals surface area contributed by atoms with Crippen molar-refractivity contribution in [1.82, 2.24) is 19.7 Å². The van der Waals surface area contributed by atoms with Crippen molar-refractivity contribution in [3.63, 3.8) is 0 Å². The number of nitrogens with zero attached hydrogens (tertiary/aromatic N) is 3. The zero-order valence-electron chi connectivity index (χ0n) is 13.0. The first kappa shape index (κ1) is 15.5. The Bertz CT molecular complexity index is 737. The van der Waals surface area contributed by atoms with Crippen LogP contribution in [0.15, 0.2) is 41.6 Å². The van der Waals surface area contributed by atoms with Crippen molar-refractivity contribution in [3.05, 3.63) is 52.7 Å². The monoisotopic (exact) mass is 316 g/mol. The SMILES string of the molecule is Cn1cc([C@H]2OCCC[C@@H]2NC(=O)Cn2ccccc2=O)cn1. The summed E-state index contributed by atoms with van der Waals surface area (Å²) in [6.45, 7) is 0.681. The number of hydrogen-bond donors (Lipinski definition) is 1. The predicted molar refractivity (Wildman–Crippen MR) is 83.8 cm³/mol. The molecule has 3 rings (SSSR count). The first-order chi connectivity index (χ1) is 11.1. The van der Waals surface area contributed by atoms with E-state index in [0.29, 0.717) is 6.61 Å². The molecule has 0 unspecified atom stereocenters. The van der Waals surface area contributed by atoms with E-state index in [9.17, 15) is 9.59 Å². The number of hydrogen-bond acceptors (Lipinski definition) is 4. The zero-order valence-corrected chi connectivity index (χ0v) is 13.0. The molecular weight excluding hydrogens is 296 g/mol. The zero-order chi connectivity index (χ0) is 16.2. The van der Waals surface area contributed by atoms with Gasteiger partial charge in [0, 0.05) is 37.7 Å². The molecule has 7 nitrogen and oxygen atoms in total. The molecule has 1 aliphatic rings. The second-order valence-electron chi connectivity index (χ2n) is 5.72. The van der Waals surface area contributed by atoms with E-state index < -0.39 is 0 Å². The van der Waals surface area contributed by atoms with Gasteiger partial charge in [-0.15, -0.1) is 0 Å². The largest absolute Gasteiger partial charge is 0.371 e. The highest BCUT2D eigenvalue weighted by atomic mass is 16.5. The average molecular weight is 316 g/mol. The number of nitrogens with one attached hydrogen (secondary N) is 1. The van der Waals surface area contributed by atoms with Gasteiger partial charge in [-0.3, -0.25) is 14.3 Å². The number of aromatic nitrogens is 3. The minimum atomic E-state index is -0.200. The van der Waals surface area contributed by atoms with Crippen molar-refractivity contribution >= 4 is 5.91 Å². The summed E-state index contributed by atoms with van der Waals surface area (Å²) in [7, 11) is 1.85.